The molecule has 0 aromatic heterocycles. The van der Waals surface area contributed by atoms with Crippen molar-refractivity contribution < 1.29 is 17.9 Å². The lowest BCUT2D eigenvalue weighted by Gasteiger charge is -2.10. The molecule has 2 N–H and O–H groups in total. The maximum absolute atomic E-state index is 12.5. The van der Waals surface area contributed by atoms with Gasteiger partial charge in [0, 0.05) is 13.0 Å². The van der Waals surface area contributed by atoms with Gasteiger partial charge in [0.25, 0.3) is 0 Å². The van der Waals surface area contributed by atoms with Gasteiger partial charge in [-0.15, -0.1) is 0 Å². The van der Waals surface area contributed by atoms with Crippen LogP contribution in [-0.2, 0) is 17.3 Å². The van der Waals surface area contributed by atoms with E-state index in [1.165, 1.54) is 6.07 Å². The molecule has 1 aliphatic heterocycles. The second kappa shape index (κ2) is 4.97. The zero-order valence-corrected chi connectivity index (χ0v) is 9.57. The molecule has 2 rings (SSSR count). The van der Waals surface area contributed by atoms with Crippen LogP contribution in [0.3, 0.4) is 0 Å². The van der Waals surface area contributed by atoms with E-state index >= 15 is 0 Å². The fourth-order valence-corrected chi connectivity index (χ4v) is 1.72. The van der Waals surface area contributed by atoms with Gasteiger partial charge in [-0.2, -0.15) is 13.2 Å². The van der Waals surface area contributed by atoms with Crippen molar-refractivity contribution in [1.82, 2.24) is 0 Å². The third-order valence-corrected chi connectivity index (χ3v) is 2.65. The van der Waals surface area contributed by atoms with Gasteiger partial charge in [-0.25, -0.2) is 0 Å². The van der Waals surface area contributed by atoms with Crippen LogP contribution >= 0.6 is 0 Å². The first kappa shape index (κ1) is 12.9. The number of nitrogens with zero attached hydrogens (tertiary/aromatic N) is 1. The zero-order valence-electron chi connectivity index (χ0n) is 9.57. The van der Waals surface area contributed by atoms with Crippen molar-refractivity contribution in [2.45, 2.75) is 18.7 Å². The highest BCUT2D eigenvalue weighted by atomic mass is 19.4. The van der Waals surface area contributed by atoms with Crippen molar-refractivity contribution >= 4 is 5.90 Å². The number of hydrogen-bond acceptors (Lipinski definition) is 3. The highest BCUT2D eigenvalue weighted by Crippen LogP contribution is 2.29. The van der Waals surface area contributed by atoms with Crippen LogP contribution in [-0.4, -0.2) is 25.1 Å². The summed E-state index contributed by atoms with van der Waals surface area (Å²) >= 11 is 0. The zero-order chi connectivity index (χ0) is 13.2. The van der Waals surface area contributed by atoms with Gasteiger partial charge in [0.05, 0.1) is 12.1 Å². The van der Waals surface area contributed by atoms with E-state index in [9.17, 15) is 13.2 Å². The first-order valence-electron chi connectivity index (χ1n) is 5.55. The lowest BCUT2D eigenvalue weighted by atomic mass is 10.1. The minimum Gasteiger partial charge on any atom is -0.474 e. The van der Waals surface area contributed by atoms with Gasteiger partial charge in [-0.3, -0.25) is 4.99 Å². The summed E-state index contributed by atoms with van der Waals surface area (Å²) in [4.78, 5) is 4.11. The van der Waals surface area contributed by atoms with Crippen molar-refractivity contribution in [2.24, 2.45) is 10.7 Å². The number of hydrogen-bond donors (Lipinski definition) is 1. The maximum atomic E-state index is 12.5. The van der Waals surface area contributed by atoms with Crippen LogP contribution in [0, 0.1) is 0 Å². The number of benzene rings is 1. The van der Waals surface area contributed by atoms with Crippen LogP contribution in [0.25, 0.3) is 0 Å². The van der Waals surface area contributed by atoms with Crippen LogP contribution in [0.1, 0.15) is 11.1 Å². The summed E-state index contributed by atoms with van der Waals surface area (Å²) in [6, 6.07) is 5.16. The molecule has 1 aromatic carbocycles. The highest BCUT2D eigenvalue weighted by molar-refractivity contribution is 5.80. The second-order valence-electron chi connectivity index (χ2n) is 4.08. The van der Waals surface area contributed by atoms with E-state index in [0.717, 1.165) is 12.1 Å². The Morgan fingerprint density at radius 3 is 2.78 bits per heavy atom. The Kier molecular flexibility index (Phi) is 3.56. The second-order valence-corrected chi connectivity index (χ2v) is 4.08. The summed E-state index contributed by atoms with van der Waals surface area (Å²) in [5.74, 6) is 0.449. The molecule has 6 heteroatoms. The van der Waals surface area contributed by atoms with Crippen molar-refractivity contribution in [3.63, 3.8) is 0 Å². The minimum atomic E-state index is -4.33. The predicted molar refractivity (Wildman–Crippen MR) is 61.4 cm³/mol. The van der Waals surface area contributed by atoms with Crippen LogP contribution in [0.15, 0.2) is 29.3 Å². The Bertz CT molecular complexity index is 457. The number of ether oxygens (including phenoxy) is 1. The summed E-state index contributed by atoms with van der Waals surface area (Å²) in [6.45, 7) is 0.834. The Hall–Kier alpha value is -1.56. The van der Waals surface area contributed by atoms with Gasteiger partial charge in [-0.1, -0.05) is 18.2 Å². The molecule has 1 aromatic rings. The van der Waals surface area contributed by atoms with Crippen molar-refractivity contribution in [3.8, 4) is 0 Å². The molecule has 0 saturated heterocycles. The van der Waals surface area contributed by atoms with E-state index in [1.54, 1.807) is 6.07 Å². The summed E-state index contributed by atoms with van der Waals surface area (Å²) in [5.41, 5.74) is 5.29. The van der Waals surface area contributed by atoms with Crippen molar-refractivity contribution in [1.29, 1.82) is 0 Å². The third-order valence-electron chi connectivity index (χ3n) is 2.65. The normalized spacial score (nSPS) is 19.6. The molecule has 3 nitrogen and oxygen atoms in total. The van der Waals surface area contributed by atoms with Crippen LogP contribution < -0.4 is 5.73 Å². The van der Waals surface area contributed by atoms with Gasteiger partial charge < -0.3 is 10.5 Å². The molecule has 0 saturated carbocycles. The molecule has 0 radical (unpaired) electrons. The lowest BCUT2D eigenvalue weighted by Crippen LogP contribution is -2.24. The van der Waals surface area contributed by atoms with E-state index in [1.807, 2.05) is 0 Å². The van der Waals surface area contributed by atoms with Gasteiger partial charge in [0.1, 0.15) is 6.10 Å². The molecule has 1 unspecified atom stereocenters. The van der Waals surface area contributed by atoms with E-state index in [2.05, 4.69) is 4.99 Å². The quantitative estimate of drug-likeness (QED) is 0.901. The molecule has 1 aliphatic rings. The van der Waals surface area contributed by atoms with Crippen LogP contribution in [0.4, 0.5) is 13.2 Å². The molecule has 0 bridgehead atoms. The maximum Gasteiger partial charge on any atom is 0.416 e. The topological polar surface area (TPSA) is 47.6 Å². The number of alkyl halides is 3. The van der Waals surface area contributed by atoms with E-state index in [4.69, 9.17) is 10.5 Å². The first-order chi connectivity index (χ1) is 8.49. The molecule has 18 heavy (non-hydrogen) atoms. The molecular weight excluding hydrogens is 245 g/mol. The Balaban J connectivity index is 2.07. The SMILES string of the molecule is NCC1CN=C(Cc2cccc(C(F)(F)F)c2)O1. The lowest BCUT2D eigenvalue weighted by molar-refractivity contribution is -0.137. The smallest absolute Gasteiger partial charge is 0.416 e. The van der Waals surface area contributed by atoms with Gasteiger partial charge in [0.15, 0.2) is 5.90 Å². The molecule has 0 amide bonds. The van der Waals surface area contributed by atoms with E-state index < -0.39 is 11.7 Å². The Morgan fingerprint density at radius 1 is 1.39 bits per heavy atom. The van der Waals surface area contributed by atoms with Crippen molar-refractivity contribution in [3.05, 3.63) is 35.4 Å². The standard InChI is InChI=1S/C12H13F3N2O/c13-12(14,15)9-3-1-2-8(4-9)5-11-17-7-10(6-16)18-11/h1-4,10H,5-7,16H2. The summed E-state index contributed by atoms with van der Waals surface area (Å²) in [7, 11) is 0. The number of nitrogens with two attached hydrogens (primary N) is 1. The van der Waals surface area contributed by atoms with E-state index in [0.29, 0.717) is 24.6 Å². The van der Waals surface area contributed by atoms with Gasteiger partial charge in [-0.05, 0) is 11.6 Å². The molecular formula is C12H13F3N2O. The number of halogens is 3. The molecule has 0 aliphatic carbocycles. The molecule has 1 atom stereocenters. The average molecular weight is 258 g/mol. The number of rotatable bonds is 3. The molecule has 0 spiro atoms. The highest BCUT2D eigenvalue weighted by Gasteiger charge is 2.30. The fourth-order valence-electron chi connectivity index (χ4n) is 1.72. The first-order valence-corrected chi connectivity index (χ1v) is 5.55. The van der Waals surface area contributed by atoms with Gasteiger partial charge >= 0.3 is 6.18 Å². The predicted octanol–water partition coefficient (Wildman–Crippen LogP) is 2.00. The summed E-state index contributed by atoms with van der Waals surface area (Å²) in [6.07, 6.45) is -4.21. The molecule has 0 fully saturated rings. The Labute approximate surface area is 102 Å². The molecule has 1 heterocycles. The van der Waals surface area contributed by atoms with Crippen LogP contribution in [0.5, 0.6) is 0 Å². The van der Waals surface area contributed by atoms with Gasteiger partial charge in [0.2, 0.25) is 0 Å². The monoisotopic (exact) mass is 258 g/mol. The molecule has 98 valence electrons. The third kappa shape index (κ3) is 3.01. The van der Waals surface area contributed by atoms with Crippen LogP contribution in [0.2, 0.25) is 0 Å². The average Bonchev–Trinajstić information content (AvgIpc) is 2.76. The Morgan fingerprint density at radius 2 is 2.17 bits per heavy atom. The van der Waals surface area contributed by atoms with Crippen molar-refractivity contribution in [2.75, 3.05) is 13.1 Å². The minimum absolute atomic E-state index is 0.147. The fraction of sp³-hybridized carbons (Fsp3) is 0.417. The largest absolute Gasteiger partial charge is 0.474 e. The number of aliphatic imine (C=N–C) groups is 1. The summed E-state index contributed by atoms with van der Waals surface area (Å²) in [5, 5.41) is 0. The summed E-state index contributed by atoms with van der Waals surface area (Å²) < 4.78 is 42.9. The van der Waals surface area contributed by atoms with E-state index in [-0.39, 0.29) is 12.5 Å².